The Hall–Kier alpha value is -3.49. The molecule has 0 radical (unpaired) electrons. The summed E-state index contributed by atoms with van der Waals surface area (Å²) in [7, 11) is 0. The molecule has 0 spiro atoms. The molecular formula is C27H31ClN4O4. The van der Waals surface area contributed by atoms with Gasteiger partial charge >= 0.3 is 5.97 Å². The van der Waals surface area contributed by atoms with Crippen LogP contribution in [0.1, 0.15) is 44.0 Å². The zero-order valence-corrected chi connectivity index (χ0v) is 21.4. The number of amides is 2. The van der Waals surface area contributed by atoms with Gasteiger partial charge in [-0.25, -0.2) is 4.98 Å². The Balaban J connectivity index is 0.000000538. The van der Waals surface area contributed by atoms with E-state index >= 15 is 0 Å². The molecule has 9 heteroatoms. The molecule has 8 nitrogen and oxygen atoms in total. The molecule has 3 N–H and O–H groups in total. The highest BCUT2D eigenvalue weighted by molar-refractivity contribution is 6.35. The van der Waals surface area contributed by atoms with Gasteiger partial charge in [0.05, 0.1) is 16.2 Å². The van der Waals surface area contributed by atoms with Gasteiger partial charge in [-0.3, -0.25) is 14.4 Å². The van der Waals surface area contributed by atoms with E-state index in [1.165, 1.54) is 6.92 Å². The number of carbonyl (C=O) groups excluding carboxylic acids is 2. The van der Waals surface area contributed by atoms with Crippen LogP contribution >= 0.6 is 11.6 Å². The summed E-state index contributed by atoms with van der Waals surface area (Å²) in [4.78, 5) is 40.4. The van der Waals surface area contributed by atoms with Gasteiger partial charge in [0.2, 0.25) is 5.91 Å². The van der Waals surface area contributed by atoms with Gasteiger partial charge in [0.15, 0.2) is 0 Å². The number of rotatable bonds is 5. The van der Waals surface area contributed by atoms with Crippen LogP contribution in [-0.2, 0) is 9.59 Å². The molecule has 1 aliphatic rings. The zero-order valence-electron chi connectivity index (χ0n) is 20.7. The average molecular weight is 511 g/mol. The van der Waals surface area contributed by atoms with Gasteiger partial charge in [-0.1, -0.05) is 36.7 Å². The molecule has 0 bridgehead atoms. The number of aliphatic carboxylic acids is 1. The van der Waals surface area contributed by atoms with Crippen molar-refractivity contribution in [2.45, 2.75) is 39.7 Å². The number of fused-ring (bicyclic) bond motifs is 1. The smallest absolute Gasteiger partial charge is 0.303 e. The van der Waals surface area contributed by atoms with Crippen LogP contribution in [0.4, 0.5) is 5.69 Å². The summed E-state index contributed by atoms with van der Waals surface area (Å²) in [6.07, 6.45) is 1.02. The second-order valence-electron chi connectivity index (χ2n) is 8.73. The summed E-state index contributed by atoms with van der Waals surface area (Å²) in [6, 6.07) is 15.0. The summed E-state index contributed by atoms with van der Waals surface area (Å²) in [6.45, 7) is 7.56. The summed E-state index contributed by atoms with van der Waals surface area (Å²) < 4.78 is 0. The molecule has 1 fully saturated rings. The number of hydrogen-bond acceptors (Lipinski definition) is 5. The highest BCUT2D eigenvalue weighted by Gasteiger charge is 2.22. The second kappa shape index (κ2) is 12.5. The van der Waals surface area contributed by atoms with Crippen LogP contribution in [0.5, 0.6) is 0 Å². The topological polar surface area (TPSA) is 112 Å². The van der Waals surface area contributed by atoms with Crippen LogP contribution in [0.25, 0.3) is 22.2 Å². The first kappa shape index (κ1) is 27.1. The molecule has 2 aromatic carbocycles. The standard InChI is InChI=1S/C23H23ClN4O2.C4H8O2/c1-14-13-28(10-9-25-14)23(30)17-5-8-19-20(24)12-21(27-22(19)11-17)16-3-6-18(7-4-16)26-15(2)29;1-2-3-4(5)6/h3-8,11-12,14,25H,9-10,13H2,1-2H3,(H,26,29);2-3H2,1H3,(H,5,6)/t14-;/m1./s1. The lowest BCUT2D eigenvalue weighted by atomic mass is 10.1. The number of pyridine rings is 1. The minimum Gasteiger partial charge on any atom is -0.481 e. The van der Waals surface area contributed by atoms with Crippen molar-refractivity contribution in [2.24, 2.45) is 0 Å². The largest absolute Gasteiger partial charge is 0.481 e. The number of aromatic nitrogens is 1. The van der Waals surface area contributed by atoms with Gasteiger partial charge < -0.3 is 20.6 Å². The van der Waals surface area contributed by atoms with E-state index in [4.69, 9.17) is 21.7 Å². The van der Waals surface area contributed by atoms with E-state index < -0.39 is 5.97 Å². The van der Waals surface area contributed by atoms with Gasteiger partial charge in [0.25, 0.3) is 5.91 Å². The van der Waals surface area contributed by atoms with E-state index in [9.17, 15) is 14.4 Å². The molecule has 2 amide bonds. The van der Waals surface area contributed by atoms with Crippen LogP contribution in [-0.4, -0.2) is 58.5 Å². The van der Waals surface area contributed by atoms with Crippen molar-refractivity contribution in [3.05, 3.63) is 59.1 Å². The molecule has 0 saturated carbocycles. The number of benzene rings is 2. The number of anilines is 1. The molecule has 190 valence electrons. The van der Waals surface area contributed by atoms with Gasteiger partial charge in [0, 0.05) is 61.2 Å². The Morgan fingerprint density at radius 1 is 1.17 bits per heavy atom. The van der Waals surface area contributed by atoms with Crippen LogP contribution in [0, 0.1) is 0 Å². The molecule has 36 heavy (non-hydrogen) atoms. The lowest BCUT2D eigenvalue weighted by Gasteiger charge is -2.32. The van der Waals surface area contributed by atoms with E-state index in [-0.39, 0.29) is 17.9 Å². The zero-order chi connectivity index (χ0) is 26.2. The van der Waals surface area contributed by atoms with Gasteiger partial charge in [-0.15, -0.1) is 0 Å². The lowest BCUT2D eigenvalue weighted by Crippen LogP contribution is -2.51. The first-order valence-corrected chi connectivity index (χ1v) is 12.3. The predicted octanol–water partition coefficient (Wildman–Crippen LogP) is 4.82. The number of piperazine rings is 1. The summed E-state index contributed by atoms with van der Waals surface area (Å²) in [5.41, 5.74) is 3.59. The molecule has 2 heterocycles. The Bertz CT molecular complexity index is 1250. The molecule has 1 aliphatic heterocycles. The number of carboxylic acid groups (broad SMARTS) is 1. The van der Waals surface area contributed by atoms with Crippen molar-refractivity contribution in [3.8, 4) is 11.3 Å². The maximum absolute atomic E-state index is 13.0. The summed E-state index contributed by atoms with van der Waals surface area (Å²) in [5, 5.41) is 15.4. The molecule has 3 aromatic rings. The van der Waals surface area contributed by atoms with Crippen molar-refractivity contribution in [2.75, 3.05) is 25.0 Å². The maximum Gasteiger partial charge on any atom is 0.303 e. The minimum atomic E-state index is -0.711. The van der Waals surface area contributed by atoms with Crippen molar-refractivity contribution in [1.82, 2.24) is 15.2 Å². The first-order chi connectivity index (χ1) is 17.2. The quantitative estimate of drug-likeness (QED) is 0.454. The monoisotopic (exact) mass is 510 g/mol. The number of nitrogens with zero attached hydrogens (tertiary/aromatic N) is 2. The fourth-order valence-electron chi connectivity index (χ4n) is 3.91. The van der Waals surface area contributed by atoms with Gasteiger partial charge in [-0.2, -0.15) is 0 Å². The molecule has 0 unspecified atom stereocenters. The Labute approximate surface area is 215 Å². The first-order valence-electron chi connectivity index (χ1n) is 11.9. The molecule has 1 atom stereocenters. The highest BCUT2D eigenvalue weighted by atomic mass is 35.5. The molecule has 0 aliphatic carbocycles. The van der Waals surface area contributed by atoms with Crippen LogP contribution in [0.2, 0.25) is 5.02 Å². The molecule has 1 saturated heterocycles. The average Bonchev–Trinajstić information content (AvgIpc) is 2.83. The second-order valence-corrected chi connectivity index (χ2v) is 9.14. The Morgan fingerprint density at radius 2 is 1.89 bits per heavy atom. The van der Waals surface area contributed by atoms with E-state index in [1.54, 1.807) is 0 Å². The van der Waals surface area contributed by atoms with Crippen LogP contribution < -0.4 is 10.6 Å². The highest BCUT2D eigenvalue weighted by Crippen LogP contribution is 2.29. The number of halogens is 1. The number of hydrogen-bond donors (Lipinski definition) is 3. The molecular weight excluding hydrogens is 480 g/mol. The SMILES string of the molecule is CC(=O)Nc1ccc(-c2cc(Cl)c3ccc(C(=O)N4CCN[C@H](C)C4)cc3n2)cc1.CCCC(=O)O. The van der Waals surface area contributed by atoms with E-state index in [2.05, 4.69) is 17.6 Å². The van der Waals surface area contributed by atoms with Crippen molar-refractivity contribution in [1.29, 1.82) is 0 Å². The summed E-state index contributed by atoms with van der Waals surface area (Å²) in [5.74, 6) is -0.823. The van der Waals surface area contributed by atoms with Crippen molar-refractivity contribution < 1.29 is 19.5 Å². The minimum absolute atomic E-state index is 0.00763. The van der Waals surface area contributed by atoms with E-state index in [1.807, 2.05) is 60.4 Å². The number of carbonyl (C=O) groups is 3. The van der Waals surface area contributed by atoms with Crippen molar-refractivity contribution in [3.63, 3.8) is 0 Å². The normalized spacial score (nSPS) is 15.1. The fourth-order valence-corrected chi connectivity index (χ4v) is 4.17. The van der Waals surface area contributed by atoms with Crippen LogP contribution in [0.3, 0.4) is 0 Å². The summed E-state index contributed by atoms with van der Waals surface area (Å²) >= 11 is 6.51. The predicted molar refractivity (Wildman–Crippen MR) is 142 cm³/mol. The fraction of sp³-hybridized carbons (Fsp3) is 0.333. The molecule has 4 rings (SSSR count). The maximum atomic E-state index is 13.0. The third-order valence-electron chi connectivity index (χ3n) is 5.63. The Kier molecular flexibility index (Phi) is 9.38. The third-order valence-corrected chi connectivity index (χ3v) is 5.94. The Morgan fingerprint density at radius 3 is 2.47 bits per heavy atom. The lowest BCUT2D eigenvalue weighted by molar-refractivity contribution is -0.137. The van der Waals surface area contributed by atoms with E-state index in [0.29, 0.717) is 41.3 Å². The van der Waals surface area contributed by atoms with Gasteiger partial charge in [0.1, 0.15) is 0 Å². The number of nitrogens with one attached hydrogen (secondary N) is 2. The molecule has 1 aromatic heterocycles. The van der Waals surface area contributed by atoms with Crippen molar-refractivity contribution >= 4 is 46.0 Å². The number of carboxylic acids is 1. The van der Waals surface area contributed by atoms with Crippen LogP contribution in [0.15, 0.2) is 48.5 Å². The van der Waals surface area contributed by atoms with Gasteiger partial charge in [-0.05, 0) is 43.7 Å². The van der Waals surface area contributed by atoms with E-state index in [0.717, 1.165) is 29.6 Å². The third kappa shape index (κ3) is 7.26.